The van der Waals surface area contributed by atoms with E-state index in [1.807, 2.05) is 35.0 Å². The second kappa shape index (κ2) is 6.88. The summed E-state index contributed by atoms with van der Waals surface area (Å²) in [5, 5.41) is 12.8. The number of carbonyl (C=O) groups excluding carboxylic acids is 1. The first-order valence-corrected chi connectivity index (χ1v) is 8.15. The Morgan fingerprint density at radius 3 is 2.54 bits per heavy atom. The van der Waals surface area contributed by atoms with Crippen LogP contribution < -0.4 is 5.32 Å². The molecular formula is C18H15BrN2O3. The zero-order valence-corrected chi connectivity index (χ0v) is 14.3. The molecule has 0 aliphatic rings. The van der Waals surface area contributed by atoms with Gasteiger partial charge in [-0.25, -0.2) is 4.79 Å². The van der Waals surface area contributed by atoms with Crippen molar-refractivity contribution in [3.8, 4) is 0 Å². The minimum absolute atomic E-state index is 0.102. The summed E-state index contributed by atoms with van der Waals surface area (Å²) in [7, 11) is 0. The highest BCUT2D eigenvalue weighted by atomic mass is 79.9. The Balaban J connectivity index is 1.62. The lowest BCUT2D eigenvalue weighted by molar-refractivity contribution is -0.121. The SMILES string of the molecule is O=C(Cn1ccc2ccc(Br)cc21)NCc1ccc(C(=O)O)cc1. The highest BCUT2D eigenvalue weighted by Gasteiger charge is 2.07. The average molecular weight is 387 g/mol. The van der Waals surface area contributed by atoms with Gasteiger partial charge in [0.25, 0.3) is 0 Å². The van der Waals surface area contributed by atoms with E-state index in [9.17, 15) is 9.59 Å². The second-order valence-electron chi connectivity index (χ2n) is 5.43. The number of nitrogens with one attached hydrogen (secondary N) is 1. The summed E-state index contributed by atoms with van der Waals surface area (Å²) in [5.41, 5.74) is 2.08. The Labute approximate surface area is 147 Å². The lowest BCUT2D eigenvalue weighted by atomic mass is 10.1. The number of hydrogen-bond acceptors (Lipinski definition) is 2. The van der Waals surface area contributed by atoms with Gasteiger partial charge in [-0.2, -0.15) is 0 Å². The predicted molar refractivity (Wildman–Crippen MR) is 94.9 cm³/mol. The molecule has 3 aromatic rings. The number of halogens is 1. The highest BCUT2D eigenvalue weighted by molar-refractivity contribution is 9.10. The first-order chi connectivity index (χ1) is 11.5. The number of aromatic nitrogens is 1. The predicted octanol–water partition coefficient (Wildman–Crippen LogP) is 3.42. The number of benzene rings is 2. The highest BCUT2D eigenvalue weighted by Crippen LogP contribution is 2.20. The molecule has 0 aliphatic carbocycles. The van der Waals surface area contributed by atoms with Crippen LogP contribution in [0.15, 0.2) is 59.2 Å². The summed E-state index contributed by atoms with van der Waals surface area (Å²) >= 11 is 3.44. The smallest absolute Gasteiger partial charge is 0.335 e. The largest absolute Gasteiger partial charge is 0.478 e. The van der Waals surface area contributed by atoms with Gasteiger partial charge in [0, 0.05) is 22.7 Å². The number of carbonyl (C=O) groups is 2. The number of hydrogen-bond donors (Lipinski definition) is 2. The van der Waals surface area contributed by atoms with Crippen LogP contribution in [0.4, 0.5) is 0 Å². The molecule has 3 rings (SSSR count). The van der Waals surface area contributed by atoms with E-state index in [0.717, 1.165) is 20.9 Å². The van der Waals surface area contributed by atoms with Crippen molar-refractivity contribution in [2.45, 2.75) is 13.1 Å². The average Bonchev–Trinajstić information content (AvgIpc) is 2.95. The molecular weight excluding hydrogens is 372 g/mol. The van der Waals surface area contributed by atoms with Crippen molar-refractivity contribution in [2.75, 3.05) is 0 Å². The van der Waals surface area contributed by atoms with Gasteiger partial charge in [-0.05, 0) is 41.3 Å². The molecule has 0 radical (unpaired) electrons. The van der Waals surface area contributed by atoms with Crippen molar-refractivity contribution >= 4 is 38.7 Å². The van der Waals surface area contributed by atoms with E-state index in [1.54, 1.807) is 12.1 Å². The van der Waals surface area contributed by atoms with Crippen molar-refractivity contribution in [1.82, 2.24) is 9.88 Å². The van der Waals surface area contributed by atoms with Gasteiger partial charge in [-0.1, -0.05) is 34.1 Å². The van der Waals surface area contributed by atoms with E-state index in [2.05, 4.69) is 21.2 Å². The molecule has 0 bridgehead atoms. The number of rotatable bonds is 5. The van der Waals surface area contributed by atoms with E-state index < -0.39 is 5.97 Å². The Bertz CT molecular complexity index is 900. The molecule has 0 saturated carbocycles. The number of fused-ring (bicyclic) bond motifs is 1. The first-order valence-electron chi connectivity index (χ1n) is 7.36. The van der Waals surface area contributed by atoms with Crippen molar-refractivity contribution in [3.05, 3.63) is 70.3 Å². The molecule has 2 aromatic carbocycles. The quantitative estimate of drug-likeness (QED) is 0.705. The minimum Gasteiger partial charge on any atom is -0.478 e. The van der Waals surface area contributed by atoms with Crippen molar-refractivity contribution in [3.63, 3.8) is 0 Å². The first kappa shape index (κ1) is 16.3. The van der Waals surface area contributed by atoms with E-state index in [0.29, 0.717) is 6.54 Å². The maximum atomic E-state index is 12.1. The van der Waals surface area contributed by atoms with E-state index >= 15 is 0 Å². The summed E-state index contributed by atoms with van der Waals surface area (Å²) < 4.78 is 2.86. The van der Waals surface area contributed by atoms with Gasteiger partial charge in [-0.3, -0.25) is 4.79 Å². The fourth-order valence-electron chi connectivity index (χ4n) is 2.47. The molecule has 5 nitrogen and oxygen atoms in total. The zero-order chi connectivity index (χ0) is 17.1. The van der Waals surface area contributed by atoms with Crippen LogP contribution in [-0.4, -0.2) is 21.6 Å². The van der Waals surface area contributed by atoms with Crippen LogP contribution in [0.25, 0.3) is 10.9 Å². The van der Waals surface area contributed by atoms with Crippen LogP contribution >= 0.6 is 15.9 Å². The topological polar surface area (TPSA) is 71.3 Å². The van der Waals surface area contributed by atoms with Gasteiger partial charge in [0.05, 0.1) is 5.56 Å². The van der Waals surface area contributed by atoms with Gasteiger partial charge in [0.15, 0.2) is 0 Å². The summed E-state index contributed by atoms with van der Waals surface area (Å²) in [6, 6.07) is 14.4. The molecule has 2 N–H and O–H groups in total. The van der Waals surface area contributed by atoms with Crippen molar-refractivity contribution < 1.29 is 14.7 Å². The fourth-order valence-corrected chi connectivity index (χ4v) is 2.82. The van der Waals surface area contributed by atoms with Gasteiger partial charge < -0.3 is 15.0 Å². The van der Waals surface area contributed by atoms with E-state index in [-0.39, 0.29) is 18.0 Å². The molecule has 1 aromatic heterocycles. The fraction of sp³-hybridized carbons (Fsp3) is 0.111. The van der Waals surface area contributed by atoms with Gasteiger partial charge in [0.2, 0.25) is 5.91 Å². The standard InChI is InChI=1S/C18H15BrN2O3/c19-15-6-5-13-7-8-21(16(13)9-15)11-17(22)20-10-12-1-3-14(4-2-12)18(23)24/h1-9H,10-11H2,(H,20,22)(H,23,24). The van der Waals surface area contributed by atoms with Crippen LogP contribution in [0.2, 0.25) is 0 Å². The molecule has 0 saturated heterocycles. The molecule has 24 heavy (non-hydrogen) atoms. The van der Waals surface area contributed by atoms with E-state index in [1.165, 1.54) is 12.1 Å². The van der Waals surface area contributed by atoms with Gasteiger partial charge in [-0.15, -0.1) is 0 Å². The molecule has 1 heterocycles. The van der Waals surface area contributed by atoms with E-state index in [4.69, 9.17) is 5.11 Å². The number of aromatic carboxylic acids is 1. The number of carboxylic acid groups (broad SMARTS) is 1. The van der Waals surface area contributed by atoms with Gasteiger partial charge >= 0.3 is 5.97 Å². The summed E-state index contributed by atoms with van der Waals surface area (Å²) in [6.45, 7) is 0.592. The summed E-state index contributed by atoms with van der Waals surface area (Å²) in [6.07, 6.45) is 1.89. The minimum atomic E-state index is -0.962. The van der Waals surface area contributed by atoms with Crippen LogP contribution in [0.1, 0.15) is 15.9 Å². The monoisotopic (exact) mass is 386 g/mol. The Morgan fingerprint density at radius 1 is 1.08 bits per heavy atom. The van der Waals surface area contributed by atoms with Crippen molar-refractivity contribution in [1.29, 1.82) is 0 Å². The second-order valence-corrected chi connectivity index (χ2v) is 6.34. The maximum Gasteiger partial charge on any atom is 0.335 e. The molecule has 0 unspecified atom stereocenters. The molecule has 0 aliphatic heterocycles. The van der Waals surface area contributed by atoms with Crippen LogP contribution in [0.3, 0.4) is 0 Å². The van der Waals surface area contributed by atoms with Crippen LogP contribution in [0.5, 0.6) is 0 Å². The number of carboxylic acids is 1. The summed E-state index contributed by atoms with van der Waals surface area (Å²) in [4.78, 5) is 23.0. The maximum absolute atomic E-state index is 12.1. The van der Waals surface area contributed by atoms with Crippen LogP contribution in [0, 0.1) is 0 Å². The lowest BCUT2D eigenvalue weighted by Crippen LogP contribution is -2.26. The van der Waals surface area contributed by atoms with Gasteiger partial charge in [0.1, 0.15) is 6.54 Å². The Morgan fingerprint density at radius 2 is 1.83 bits per heavy atom. The molecule has 6 heteroatoms. The molecule has 0 fully saturated rings. The normalized spacial score (nSPS) is 10.7. The Kier molecular flexibility index (Phi) is 4.66. The third kappa shape index (κ3) is 3.65. The lowest BCUT2D eigenvalue weighted by Gasteiger charge is -2.08. The zero-order valence-electron chi connectivity index (χ0n) is 12.7. The Hall–Kier alpha value is -2.60. The molecule has 0 spiro atoms. The molecule has 122 valence electrons. The molecule has 1 amide bonds. The summed E-state index contributed by atoms with van der Waals surface area (Å²) in [5.74, 6) is -1.06. The molecule has 0 atom stereocenters. The number of nitrogens with zero attached hydrogens (tertiary/aromatic N) is 1. The third-order valence-electron chi connectivity index (χ3n) is 3.74. The number of amides is 1. The third-order valence-corrected chi connectivity index (χ3v) is 4.23. The van der Waals surface area contributed by atoms with Crippen LogP contribution in [-0.2, 0) is 17.9 Å². The van der Waals surface area contributed by atoms with Crippen molar-refractivity contribution in [2.24, 2.45) is 0 Å².